The van der Waals surface area contributed by atoms with Gasteiger partial charge in [0.1, 0.15) is 11.3 Å². The van der Waals surface area contributed by atoms with E-state index >= 15 is 0 Å². The molecular formula is C21H41N5O4. The van der Waals surface area contributed by atoms with Crippen LogP contribution in [0, 0.1) is 0 Å². The van der Waals surface area contributed by atoms with Gasteiger partial charge in [-0.15, -0.1) is 0 Å². The van der Waals surface area contributed by atoms with Crippen molar-refractivity contribution >= 4 is 23.4 Å². The zero-order valence-electron chi connectivity index (χ0n) is 19.6. The molecule has 0 aromatic carbocycles. The molecule has 2 atom stereocenters. The van der Waals surface area contributed by atoms with E-state index in [9.17, 15) is 19.2 Å². The van der Waals surface area contributed by atoms with Crippen molar-refractivity contribution in [3.05, 3.63) is 0 Å². The summed E-state index contributed by atoms with van der Waals surface area (Å²) >= 11 is 0. The fourth-order valence-electron chi connectivity index (χ4n) is 2.66. The summed E-state index contributed by atoms with van der Waals surface area (Å²) in [4.78, 5) is 49.6. The van der Waals surface area contributed by atoms with Gasteiger partial charge in [-0.05, 0) is 67.3 Å². The Morgan fingerprint density at radius 1 is 1.00 bits per heavy atom. The van der Waals surface area contributed by atoms with Gasteiger partial charge in [-0.2, -0.15) is 0 Å². The molecule has 0 aliphatic carbocycles. The Hall–Kier alpha value is -1.84. The van der Waals surface area contributed by atoms with Crippen molar-refractivity contribution in [3.63, 3.8) is 0 Å². The lowest BCUT2D eigenvalue weighted by atomic mass is 9.91. The first kappa shape index (κ1) is 28.2. The van der Waals surface area contributed by atoms with Gasteiger partial charge >= 0.3 is 0 Å². The third-order valence-corrected chi connectivity index (χ3v) is 5.37. The summed E-state index contributed by atoms with van der Waals surface area (Å²) in [5.41, 5.74) is 8.12. The summed E-state index contributed by atoms with van der Waals surface area (Å²) in [6, 6.07) is -0.665. The molecule has 0 aromatic rings. The van der Waals surface area contributed by atoms with Gasteiger partial charge in [-0.1, -0.05) is 13.3 Å². The minimum atomic E-state index is -1.26. The number of ketones is 2. The van der Waals surface area contributed by atoms with E-state index in [0.29, 0.717) is 25.8 Å². The summed E-state index contributed by atoms with van der Waals surface area (Å²) < 4.78 is 0. The zero-order valence-corrected chi connectivity index (χ0v) is 19.6. The van der Waals surface area contributed by atoms with Crippen molar-refractivity contribution < 1.29 is 19.2 Å². The highest BCUT2D eigenvalue weighted by Crippen LogP contribution is 2.15. The van der Waals surface area contributed by atoms with Gasteiger partial charge in [0.15, 0.2) is 5.78 Å². The third-order valence-electron chi connectivity index (χ3n) is 5.37. The molecule has 30 heavy (non-hydrogen) atoms. The maximum atomic E-state index is 13.0. The second-order valence-electron chi connectivity index (χ2n) is 9.17. The molecule has 0 saturated carbocycles. The quantitative estimate of drug-likeness (QED) is 0.247. The van der Waals surface area contributed by atoms with Crippen LogP contribution in [0.2, 0.25) is 0 Å². The first-order valence-electron chi connectivity index (χ1n) is 10.5. The lowest BCUT2D eigenvalue weighted by Crippen LogP contribution is -2.62. The number of carbonyl (C=O) groups excluding carboxylic acids is 4. The summed E-state index contributed by atoms with van der Waals surface area (Å²) in [5.74, 6) is -1.28. The van der Waals surface area contributed by atoms with Crippen molar-refractivity contribution in [2.45, 2.75) is 96.8 Å². The number of nitrogens with one attached hydrogen (secondary N) is 3. The van der Waals surface area contributed by atoms with Crippen molar-refractivity contribution in [1.82, 2.24) is 16.0 Å². The van der Waals surface area contributed by atoms with E-state index in [4.69, 9.17) is 11.5 Å². The van der Waals surface area contributed by atoms with E-state index in [0.717, 1.165) is 6.42 Å². The third kappa shape index (κ3) is 8.89. The summed E-state index contributed by atoms with van der Waals surface area (Å²) in [5, 5.41) is 8.43. The highest BCUT2D eigenvalue weighted by Gasteiger charge is 2.36. The van der Waals surface area contributed by atoms with Gasteiger partial charge in [0.05, 0.1) is 23.7 Å². The number of amides is 2. The van der Waals surface area contributed by atoms with Crippen LogP contribution in [0.5, 0.6) is 0 Å². The monoisotopic (exact) mass is 427 g/mol. The predicted octanol–water partition coefficient (Wildman–Crippen LogP) is 0.149. The minimum Gasteiger partial charge on any atom is -0.347 e. The first-order chi connectivity index (χ1) is 13.6. The predicted molar refractivity (Wildman–Crippen MR) is 118 cm³/mol. The van der Waals surface area contributed by atoms with Crippen LogP contribution in [0.25, 0.3) is 0 Å². The molecule has 0 radical (unpaired) electrons. The maximum Gasteiger partial charge on any atom is 0.245 e. The smallest absolute Gasteiger partial charge is 0.245 e. The second kappa shape index (κ2) is 11.5. The Bertz CT molecular complexity index is 627. The van der Waals surface area contributed by atoms with Crippen LogP contribution < -0.4 is 27.4 Å². The Balaban J connectivity index is 5.26. The minimum absolute atomic E-state index is 0.0680. The molecule has 2 unspecified atom stereocenters. The van der Waals surface area contributed by atoms with Crippen LogP contribution in [0.3, 0.4) is 0 Å². The van der Waals surface area contributed by atoms with Gasteiger partial charge < -0.3 is 22.1 Å². The van der Waals surface area contributed by atoms with E-state index in [1.165, 1.54) is 6.92 Å². The molecule has 0 aliphatic rings. The number of rotatable bonds is 14. The van der Waals surface area contributed by atoms with Crippen LogP contribution in [0.1, 0.15) is 74.1 Å². The molecule has 2 amide bonds. The average molecular weight is 428 g/mol. The molecule has 0 rings (SSSR count). The molecule has 174 valence electrons. The highest BCUT2D eigenvalue weighted by molar-refractivity contribution is 5.96. The molecule has 0 aliphatic heterocycles. The van der Waals surface area contributed by atoms with Gasteiger partial charge in [0, 0.05) is 0 Å². The Morgan fingerprint density at radius 3 is 2.00 bits per heavy atom. The maximum absolute atomic E-state index is 13.0. The van der Waals surface area contributed by atoms with Gasteiger partial charge in [-0.3, -0.25) is 24.5 Å². The summed E-state index contributed by atoms with van der Waals surface area (Å²) in [7, 11) is 0. The van der Waals surface area contributed by atoms with E-state index in [-0.39, 0.29) is 18.1 Å². The number of hydrogen-bond donors (Lipinski definition) is 5. The molecule has 0 heterocycles. The summed E-state index contributed by atoms with van der Waals surface area (Å²) in [6.07, 6.45) is 2.44. The second-order valence-corrected chi connectivity index (χ2v) is 9.17. The molecule has 0 aromatic heterocycles. The van der Waals surface area contributed by atoms with E-state index in [1.807, 2.05) is 6.92 Å². The van der Waals surface area contributed by atoms with Crippen molar-refractivity contribution in [2.24, 2.45) is 11.5 Å². The van der Waals surface area contributed by atoms with E-state index < -0.39 is 34.5 Å². The van der Waals surface area contributed by atoms with Crippen LogP contribution in [-0.4, -0.2) is 59.1 Å². The Labute approximate surface area is 180 Å². The van der Waals surface area contributed by atoms with Crippen LogP contribution in [-0.2, 0) is 19.2 Å². The SMILES string of the molecule is CCC(C)(NC(CCCCN)C(=O)NC(C)(C)C(=O)NCC(=O)C(C)(C)N)C(C)=O. The van der Waals surface area contributed by atoms with Crippen LogP contribution >= 0.6 is 0 Å². The van der Waals surface area contributed by atoms with E-state index in [1.54, 1.807) is 34.6 Å². The van der Waals surface area contributed by atoms with Crippen LogP contribution in [0.4, 0.5) is 0 Å². The topological polar surface area (TPSA) is 156 Å². The number of unbranched alkanes of at least 4 members (excludes halogenated alkanes) is 1. The fraction of sp³-hybridized carbons (Fsp3) is 0.810. The lowest BCUT2D eigenvalue weighted by molar-refractivity contribution is -0.135. The van der Waals surface area contributed by atoms with Gasteiger partial charge in [-0.25, -0.2) is 0 Å². The normalized spacial score (nSPS) is 15.1. The zero-order chi connectivity index (χ0) is 23.8. The van der Waals surface area contributed by atoms with Crippen molar-refractivity contribution in [2.75, 3.05) is 13.1 Å². The van der Waals surface area contributed by atoms with Crippen molar-refractivity contribution in [3.8, 4) is 0 Å². The first-order valence-corrected chi connectivity index (χ1v) is 10.5. The largest absolute Gasteiger partial charge is 0.347 e. The Morgan fingerprint density at radius 2 is 1.57 bits per heavy atom. The molecule has 0 bridgehead atoms. The molecule has 7 N–H and O–H groups in total. The fourth-order valence-corrected chi connectivity index (χ4v) is 2.66. The molecule has 0 spiro atoms. The number of carbonyl (C=O) groups is 4. The molecular weight excluding hydrogens is 386 g/mol. The highest BCUT2D eigenvalue weighted by atomic mass is 16.2. The molecule has 0 saturated heterocycles. The van der Waals surface area contributed by atoms with Gasteiger partial charge in [0.2, 0.25) is 11.8 Å². The number of Topliss-reactive ketones (excluding diaryl/α,β-unsaturated/α-hetero) is 2. The lowest BCUT2D eigenvalue weighted by Gasteiger charge is -2.34. The molecule has 9 nitrogen and oxygen atoms in total. The Kier molecular flexibility index (Phi) is 10.8. The molecule has 0 fully saturated rings. The molecule has 9 heteroatoms. The average Bonchev–Trinajstić information content (AvgIpc) is 2.63. The summed E-state index contributed by atoms with van der Waals surface area (Å²) in [6.45, 7) is 11.6. The standard InChI is InChI=1S/C21H41N5O4/c1-8-21(7,14(2)27)25-15(11-9-10-12-22)17(29)26-20(5,6)18(30)24-13-16(28)19(3,4)23/h15,25H,8-13,22-23H2,1-7H3,(H,24,30)(H,26,29). The van der Waals surface area contributed by atoms with Crippen LogP contribution in [0.15, 0.2) is 0 Å². The van der Waals surface area contributed by atoms with E-state index in [2.05, 4.69) is 16.0 Å². The number of nitrogens with two attached hydrogens (primary N) is 2. The van der Waals surface area contributed by atoms with Crippen molar-refractivity contribution in [1.29, 1.82) is 0 Å². The van der Waals surface area contributed by atoms with Gasteiger partial charge in [0.25, 0.3) is 0 Å². The number of hydrogen-bond acceptors (Lipinski definition) is 7.